The van der Waals surface area contributed by atoms with Crippen LogP contribution in [0, 0.1) is 6.92 Å². The average Bonchev–Trinajstić information content (AvgIpc) is 3.37. The molecule has 29 heavy (non-hydrogen) atoms. The van der Waals surface area contributed by atoms with Crippen LogP contribution in [0.4, 0.5) is 0 Å². The minimum atomic E-state index is 0.421. The van der Waals surface area contributed by atoms with Gasteiger partial charge in [-0.2, -0.15) is 0 Å². The van der Waals surface area contributed by atoms with E-state index in [4.69, 9.17) is 4.98 Å². The number of aryl methyl sites for hydroxylation is 3. The van der Waals surface area contributed by atoms with Gasteiger partial charge in [-0.3, -0.25) is 4.98 Å². The lowest BCUT2D eigenvalue weighted by atomic mass is 9.94. The minimum absolute atomic E-state index is 0.421. The van der Waals surface area contributed by atoms with Crippen LogP contribution in [0.3, 0.4) is 0 Å². The molecule has 2 heterocycles. The Balaban J connectivity index is 1.61. The van der Waals surface area contributed by atoms with Gasteiger partial charge in [0.25, 0.3) is 0 Å². The van der Waals surface area contributed by atoms with Crippen molar-refractivity contribution in [2.45, 2.75) is 52.5 Å². The molecule has 1 unspecified atom stereocenters. The molecule has 0 saturated heterocycles. The smallest absolute Gasteiger partial charge is 0.0715 e. The highest BCUT2D eigenvalue weighted by molar-refractivity contribution is 5.85. The van der Waals surface area contributed by atoms with E-state index in [0.717, 1.165) is 18.5 Å². The second kappa shape index (κ2) is 7.18. The first-order valence-corrected chi connectivity index (χ1v) is 10.9. The van der Waals surface area contributed by atoms with Gasteiger partial charge in [0.1, 0.15) is 0 Å². The van der Waals surface area contributed by atoms with Gasteiger partial charge in [-0.05, 0) is 72.6 Å². The topological polar surface area (TPSA) is 17.8 Å². The summed E-state index contributed by atoms with van der Waals surface area (Å²) in [6.45, 7) is 6.69. The summed E-state index contributed by atoms with van der Waals surface area (Å²) in [6, 6.07) is 18.4. The number of benzene rings is 2. The third-order valence-electron chi connectivity index (χ3n) is 6.67. The number of nitrogens with zero attached hydrogens (tertiary/aromatic N) is 2. The number of hydrogen-bond donors (Lipinski definition) is 0. The monoisotopic (exact) mass is 380 g/mol. The van der Waals surface area contributed by atoms with E-state index < -0.39 is 0 Å². The van der Waals surface area contributed by atoms with Crippen molar-refractivity contribution in [1.29, 1.82) is 0 Å². The molecule has 1 atom stereocenters. The molecule has 0 fully saturated rings. The van der Waals surface area contributed by atoms with Crippen molar-refractivity contribution in [1.82, 2.24) is 9.55 Å². The molecular formula is C27H28N2. The second-order valence-electron chi connectivity index (χ2n) is 8.21. The lowest BCUT2D eigenvalue weighted by molar-refractivity contribution is 0.599. The van der Waals surface area contributed by atoms with Crippen molar-refractivity contribution >= 4 is 10.9 Å². The second-order valence-corrected chi connectivity index (χ2v) is 8.21. The van der Waals surface area contributed by atoms with Crippen molar-refractivity contribution in [2.75, 3.05) is 0 Å². The van der Waals surface area contributed by atoms with Gasteiger partial charge in [-0.25, -0.2) is 0 Å². The van der Waals surface area contributed by atoms with Gasteiger partial charge in [0, 0.05) is 17.1 Å². The lowest BCUT2D eigenvalue weighted by Crippen LogP contribution is -2.06. The largest absolute Gasteiger partial charge is 0.339 e. The Bertz CT molecular complexity index is 1180. The first-order chi connectivity index (χ1) is 14.2. The standard InChI is InChI=1S/C27H28N2/c1-4-19-9-7-10-20(5-2)27(19)24-16-21-14-15-29(26(21)17-28-24)25-13-12-22-18(3)8-6-11-23(22)25/h6-11,14-17,25H,4-5,12-13H2,1-3H3. The normalized spacial score (nSPS) is 15.8. The molecule has 0 spiro atoms. The van der Waals surface area contributed by atoms with Crippen molar-refractivity contribution in [2.24, 2.45) is 0 Å². The molecule has 2 heteroatoms. The third kappa shape index (κ3) is 2.90. The predicted octanol–water partition coefficient (Wildman–Crippen LogP) is 6.67. The summed E-state index contributed by atoms with van der Waals surface area (Å²) in [5.74, 6) is 0. The van der Waals surface area contributed by atoms with Gasteiger partial charge in [-0.1, -0.05) is 50.2 Å². The van der Waals surface area contributed by atoms with Gasteiger partial charge in [0.2, 0.25) is 0 Å². The van der Waals surface area contributed by atoms with Crippen LogP contribution in [0.15, 0.2) is 60.9 Å². The summed E-state index contributed by atoms with van der Waals surface area (Å²) in [5.41, 5.74) is 10.9. The highest BCUT2D eigenvalue weighted by Gasteiger charge is 2.25. The van der Waals surface area contributed by atoms with Crippen LogP contribution in [-0.4, -0.2) is 9.55 Å². The van der Waals surface area contributed by atoms with E-state index in [1.165, 1.54) is 57.1 Å². The summed E-state index contributed by atoms with van der Waals surface area (Å²) >= 11 is 0. The average molecular weight is 381 g/mol. The molecule has 0 amide bonds. The summed E-state index contributed by atoms with van der Waals surface area (Å²) in [4.78, 5) is 4.95. The quantitative estimate of drug-likeness (QED) is 0.386. The van der Waals surface area contributed by atoms with E-state index in [-0.39, 0.29) is 0 Å². The van der Waals surface area contributed by atoms with Gasteiger partial charge in [0.05, 0.1) is 23.4 Å². The minimum Gasteiger partial charge on any atom is -0.339 e. The first kappa shape index (κ1) is 18.2. The Kier molecular flexibility index (Phi) is 4.50. The molecule has 146 valence electrons. The zero-order chi connectivity index (χ0) is 20.0. The lowest BCUT2D eigenvalue weighted by Gasteiger charge is -2.17. The van der Waals surface area contributed by atoms with Crippen LogP contribution < -0.4 is 0 Å². The Morgan fingerprint density at radius 3 is 2.52 bits per heavy atom. The molecule has 2 aromatic heterocycles. The van der Waals surface area contributed by atoms with E-state index in [1.807, 2.05) is 0 Å². The molecule has 1 aliphatic carbocycles. The van der Waals surface area contributed by atoms with Crippen LogP contribution in [0.1, 0.15) is 54.1 Å². The first-order valence-electron chi connectivity index (χ1n) is 10.9. The van der Waals surface area contributed by atoms with Gasteiger partial charge < -0.3 is 4.57 Å². The fourth-order valence-electron chi connectivity index (χ4n) is 5.14. The fraction of sp³-hybridized carbons (Fsp3) is 0.296. The van der Waals surface area contributed by atoms with Crippen LogP contribution in [0.5, 0.6) is 0 Å². The number of hydrogen-bond acceptors (Lipinski definition) is 1. The number of pyridine rings is 1. The Labute approximate surface area is 173 Å². The third-order valence-corrected chi connectivity index (χ3v) is 6.67. The van der Waals surface area contributed by atoms with Crippen molar-refractivity contribution in [3.05, 3.63) is 88.7 Å². The molecule has 2 nitrogen and oxygen atoms in total. The summed E-state index contributed by atoms with van der Waals surface area (Å²) in [7, 11) is 0. The highest BCUT2D eigenvalue weighted by Crippen LogP contribution is 2.38. The van der Waals surface area contributed by atoms with E-state index in [1.54, 1.807) is 0 Å². The molecule has 0 N–H and O–H groups in total. The van der Waals surface area contributed by atoms with Crippen LogP contribution >= 0.6 is 0 Å². The number of rotatable bonds is 4. The van der Waals surface area contributed by atoms with Gasteiger partial charge in [0.15, 0.2) is 0 Å². The molecule has 0 radical (unpaired) electrons. The molecule has 0 saturated carbocycles. The van der Waals surface area contributed by atoms with Crippen molar-refractivity contribution in [3.8, 4) is 11.3 Å². The summed E-state index contributed by atoms with van der Waals surface area (Å²) in [6.07, 6.45) is 8.74. The summed E-state index contributed by atoms with van der Waals surface area (Å²) < 4.78 is 2.43. The zero-order valence-corrected chi connectivity index (χ0v) is 17.6. The molecule has 0 aliphatic heterocycles. The number of aromatic nitrogens is 2. The molecule has 1 aliphatic rings. The van der Waals surface area contributed by atoms with E-state index in [0.29, 0.717) is 6.04 Å². The SMILES string of the molecule is CCc1cccc(CC)c1-c1cc2ccn(C3CCc4c(C)cccc43)c2cn1. The Hall–Kier alpha value is -2.87. The van der Waals surface area contributed by atoms with Crippen LogP contribution in [0.2, 0.25) is 0 Å². The zero-order valence-electron chi connectivity index (χ0n) is 17.6. The van der Waals surface area contributed by atoms with E-state index >= 15 is 0 Å². The Morgan fingerprint density at radius 2 is 1.76 bits per heavy atom. The van der Waals surface area contributed by atoms with Crippen LogP contribution in [-0.2, 0) is 19.3 Å². The van der Waals surface area contributed by atoms with Crippen molar-refractivity contribution in [3.63, 3.8) is 0 Å². The predicted molar refractivity (Wildman–Crippen MR) is 122 cm³/mol. The summed E-state index contributed by atoms with van der Waals surface area (Å²) in [5, 5.41) is 1.28. The van der Waals surface area contributed by atoms with E-state index in [9.17, 15) is 0 Å². The Morgan fingerprint density at radius 1 is 1.00 bits per heavy atom. The number of fused-ring (bicyclic) bond motifs is 2. The van der Waals surface area contributed by atoms with Gasteiger partial charge in [-0.15, -0.1) is 0 Å². The molecule has 2 aromatic carbocycles. The highest BCUT2D eigenvalue weighted by atomic mass is 15.0. The molecule has 5 rings (SSSR count). The molecule has 4 aromatic rings. The maximum absolute atomic E-state index is 4.95. The van der Waals surface area contributed by atoms with Gasteiger partial charge >= 0.3 is 0 Å². The fourth-order valence-corrected chi connectivity index (χ4v) is 5.14. The maximum atomic E-state index is 4.95. The maximum Gasteiger partial charge on any atom is 0.0715 e. The van der Waals surface area contributed by atoms with Crippen molar-refractivity contribution < 1.29 is 0 Å². The molecule has 0 bridgehead atoms. The van der Waals surface area contributed by atoms with E-state index in [2.05, 4.69) is 86.3 Å². The molecular weight excluding hydrogens is 352 g/mol. The van der Waals surface area contributed by atoms with Crippen LogP contribution in [0.25, 0.3) is 22.2 Å².